The topological polar surface area (TPSA) is 105 Å². The van der Waals surface area contributed by atoms with Crippen LogP contribution in [-0.4, -0.2) is 48.4 Å². The highest BCUT2D eigenvalue weighted by molar-refractivity contribution is 7.92. The van der Waals surface area contributed by atoms with Gasteiger partial charge in [0.25, 0.3) is 10.0 Å². The number of benzene rings is 2. The number of anilines is 2. The lowest BCUT2D eigenvalue weighted by Gasteiger charge is -2.17. The Balaban J connectivity index is 2.47. The summed E-state index contributed by atoms with van der Waals surface area (Å²) in [6, 6.07) is 6.96. The minimum Gasteiger partial charge on any atom is -0.433 e. The number of nitrogens with one attached hydrogen (secondary N) is 2. The van der Waals surface area contributed by atoms with Crippen LogP contribution in [0.4, 0.5) is 20.2 Å². The highest BCUT2D eigenvalue weighted by Crippen LogP contribution is 2.32. The van der Waals surface area contributed by atoms with Crippen LogP contribution in [0.5, 0.6) is 5.75 Å². The van der Waals surface area contributed by atoms with E-state index in [0.717, 1.165) is 22.5 Å². The third-order valence-electron chi connectivity index (χ3n) is 3.81. The molecule has 0 aromatic heterocycles. The molecule has 0 saturated carbocycles. The van der Waals surface area contributed by atoms with Crippen molar-refractivity contribution in [3.63, 3.8) is 0 Å². The molecule has 2 rings (SSSR count). The van der Waals surface area contributed by atoms with Crippen molar-refractivity contribution in [2.75, 3.05) is 30.7 Å². The third kappa shape index (κ3) is 5.50. The smallest absolute Gasteiger partial charge is 0.387 e. The molecule has 0 aliphatic heterocycles. The van der Waals surface area contributed by atoms with Gasteiger partial charge < -0.3 is 10.1 Å². The Morgan fingerprint density at radius 2 is 1.67 bits per heavy atom. The van der Waals surface area contributed by atoms with Crippen LogP contribution < -0.4 is 14.8 Å². The SMILES string of the molecule is CCNc1ccc(S(=O)(=O)N(C)C)cc1NS(=O)(=O)c1ccc(OC(F)F)c(Cl)c1. The Kier molecular flexibility index (Phi) is 7.50. The Morgan fingerprint density at radius 3 is 2.20 bits per heavy atom. The van der Waals surface area contributed by atoms with Gasteiger partial charge in [0.2, 0.25) is 10.0 Å². The number of hydrogen-bond acceptors (Lipinski definition) is 6. The van der Waals surface area contributed by atoms with Gasteiger partial charge in [0, 0.05) is 20.6 Å². The summed E-state index contributed by atoms with van der Waals surface area (Å²) in [4.78, 5) is -0.442. The van der Waals surface area contributed by atoms with Crippen LogP contribution in [0.3, 0.4) is 0 Å². The summed E-state index contributed by atoms with van der Waals surface area (Å²) < 4.78 is 82.6. The molecule has 0 spiro atoms. The highest BCUT2D eigenvalue weighted by atomic mass is 35.5. The maximum Gasteiger partial charge on any atom is 0.387 e. The number of alkyl halides is 2. The molecule has 30 heavy (non-hydrogen) atoms. The van der Waals surface area contributed by atoms with Crippen molar-refractivity contribution in [3.05, 3.63) is 41.4 Å². The zero-order valence-electron chi connectivity index (χ0n) is 16.2. The number of ether oxygens (including phenoxy) is 1. The van der Waals surface area contributed by atoms with E-state index in [1.807, 2.05) is 0 Å². The van der Waals surface area contributed by atoms with Gasteiger partial charge in [-0.3, -0.25) is 4.72 Å². The van der Waals surface area contributed by atoms with Gasteiger partial charge in [0.15, 0.2) is 0 Å². The van der Waals surface area contributed by atoms with Gasteiger partial charge in [0.1, 0.15) is 5.75 Å². The van der Waals surface area contributed by atoms with Gasteiger partial charge in [-0.2, -0.15) is 8.78 Å². The molecule has 0 unspecified atom stereocenters. The average molecular weight is 484 g/mol. The number of sulfonamides is 2. The molecule has 0 atom stereocenters. The fourth-order valence-corrected chi connectivity index (χ4v) is 4.68. The van der Waals surface area contributed by atoms with Crippen LogP contribution in [0.1, 0.15) is 6.92 Å². The largest absolute Gasteiger partial charge is 0.433 e. The van der Waals surface area contributed by atoms with E-state index in [1.165, 1.54) is 32.3 Å². The van der Waals surface area contributed by atoms with Crippen molar-refractivity contribution in [1.29, 1.82) is 0 Å². The first-order chi connectivity index (χ1) is 13.9. The van der Waals surface area contributed by atoms with Gasteiger partial charge >= 0.3 is 6.61 Å². The standard InChI is InChI=1S/C17H20ClF2N3O5S2/c1-4-21-14-7-5-12(30(26,27)23(2)3)10-15(14)22-29(24,25)11-6-8-16(13(18)9-11)28-17(19)20/h5-10,17,21-22H,4H2,1-3H3. The van der Waals surface area contributed by atoms with Crippen molar-refractivity contribution >= 4 is 43.0 Å². The molecule has 0 heterocycles. The Labute approximate surface area is 178 Å². The Morgan fingerprint density at radius 1 is 1.03 bits per heavy atom. The van der Waals surface area contributed by atoms with Gasteiger partial charge in [0.05, 0.1) is 26.2 Å². The summed E-state index contributed by atoms with van der Waals surface area (Å²) in [6.45, 7) is -0.892. The lowest BCUT2D eigenvalue weighted by atomic mass is 10.2. The van der Waals surface area contributed by atoms with Crippen LogP contribution in [0.15, 0.2) is 46.2 Å². The van der Waals surface area contributed by atoms with Crippen LogP contribution in [0, 0.1) is 0 Å². The number of rotatable bonds is 9. The van der Waals surface area contributed by atoms with Crippen LogP contribution in [0.2, 0.25) is 5.02 Å². The molecule has 0 saturated heterocycles. The van der Waals surface area contributed by atoms with Crippen molar-refractivity contribution < 1.29 is 30.4 Å². The molecule has 166 valence electrons. The summed E-state index contributed by atoms with van der Waals surface area (Å²) >= 11 is 5.84. The van der Waals surface area contributed by atoms with Crippen molar-refractivity contribution in [3.8, 4) is 5.75 Å². The fourth-order valence-electron chi connectivity index (χ4n) is 2.37. The fraction of sp³-hybridized carbons (Fsp3) is 0.294. The van der Waals surface area contributed by atoms with Gasteiger partial charge in [-0.15, -0.1) is 0 Å². The summed E-state index contributed by atoms with van der Waals surface area (Å²) in [5.74, 6) is -0.377. The third-order valence-corrected chi connectivity index (χ3v) is 7.28. The molecular formula is C17H20ClF2N3O5S2. The van der Waals surface area contributed by atoms with E-state index in [0.29, 0.717) is 12.2 Å². The van der Waals surface area contributed by atoms with E-state index in [1.54, 1.807) is 6.92 Å². The van der Waals surface area contributed by atoms with Crippen LogP contribution in [-0.2, 0) is 20.0 Å². The summed E-state index contributed by atoms with van der Waals surface area (Å²) in [6.07, 6.45) is 0. The first-order valence-electron chi connectivity index (χ1n) is 8.46. The van der Waals surface area contributed by atoms with Crippen molar-refractivity contribution in [2.24, 2.45) is 0 Å². The second-order valence-corrected chi connectivity index (χ2v) is 10.3. The molecule has 8 nitrogen and oxygen atoms in total. The first-order valence-corrected chi connectivity index (χ1v) is 11.8. The molecule has 0 amide bonds. The minimum absolute atomic E-state index is 0.0104. The first kappa shape index (κ1) is 24.1. The summed E-state index contributed by atoms with van der Waals surface area (Å²) in [5.41, 5.74) is 0.339. The van der Waals surface area contributed by atoms with Crippen LogP contribution in [0.25, 0.3) is 0 Å². The highest BCUT2D eigenvalue weighted by Gasteiger charge is 2.22. The second-order valence-electron chi connectivity index (χ2n) is 6.10. The molecule has 0 bridgehead atoms. The van der Waals surface area contributed by atoms with E-state index < -0.39 is 26.7 Å². The lowest BCUT2D eigenvalue weighted by molar-refractivity contribution is -0.0498. The quantitative estimate of drug-likeness (QED) is 0.566. The maximum atomic E-state index is 12.8. The number of hydrogen-bond donors (Lipinski definition) is 2. The van der Waals surface area contributed by atoms with Crippen molar-refractivity contribution in [2.45, 2.75) is 23.3 Å². The minimum atomic E-state index is -4.23. The molecule has 0 aliphatic carbocycles. The summed E-state index contributed by atoms with van der Waals surface area (Å²) in [5, 5.41) is 2.61. The average Bonchev–Trinajstić information content (AvgIpc) is 2.64. The maximum absolute atomic E-state index is 12.8. The van der Waals surface area contributed by atoms with E-state index in [4.69, 9.17) is 11.6 Å². The molecule has 0 aliphatic rings. The number of halogens is 3. The molecular weight excluding hydrogens is 464 g/mol. The summed E-state index contributed by atoms with van der Waals surface area (Å²) in [7, 11) is -5.34. The molecule has 2 N–H and O–H groups in total. The zero-order chi connectivity index (χ0) is 22.7. The Hall–Kier alpha value is -2.15. The lowest BCUT2D eigenvalue weighted by Crippen LogP contribution is -2.22. The monoisotopic (exact) mass is 483 g/mol. The van der Waals surface area contributed by atoms with E-state index in [9.17, 15) is 25.6 Å². The number of nitrogens with zero attached hydrogens (tertiary/aromatic N) is 1. The van der Waals surface area contributed by atoms with Gasteiger partial charge in [-0.1, -0.05) is 11.6 Å². The molecule has 0 fully saturated rings. The molecule has 2 aromatic carbocycles. The predicted octanol–water partition coefficient (Wildman–Crippen LogP) is 3.42. The zero-order valence-corrected chi connectivity index (χ0v) is 18.6. The van der Waals surface area contributed by atoms with Gasteiger partial charge in [-0.05, 0) is 43.3 Å². The normalized spacial score (nSPS) is 12.3. The van der Waals surface area contributed by atoms with E-state index in [-0.39, 0.29) is 26.3 Å². The predicted molar refractivity (Wildman–Crippen MR) is 110 cm³/mol. The molecule has 13 heteroatoms. The molecule has 0 radical (unpaired) electrons. The second kappa shape index (κ2) is 9.33. The van der Waals surface area contributed by atoms with E-state index in [2.05, 4.69) is 14.8 Å². The van der Waals surface area contributed by atoms with Crippen LogP contribution >= 0.6 is 11.6 Å². The Bertz CT molecular complexity index is 1130. The van der Waals surface area contributed by atoms with Gasteiger partial charge in [-0.25, -0.2) is 21.1 Å². The molecule has 2 aromatic rings. The van der Waals surface area contributed by atoms with Crippen molar-refractivity contribution in [1.82, 2.24) is 4.31 Å². The van der Waals surface area contributed by atoms with E-state index >= 15 is 0 Å².